The van der Waals surface area contributed by atoms with Crippen LogP contribution < -0.4 is 0 Å². The van der Waals surface area contributed by atoms with Crippen molar-refractivity contribution in [3.8, 4) is 0 Å². The molecule has 1 aromatic heterocycles. The molecule has 0 fully saturated rings. The highest BCUT2D eigenvalue weighted by molar-refractivity contribution is 9.10. The summed E-state index contributed by atoms with van der Waals surface area (Å²) in [5.41, 5.74) is 0.934. The highest BCUT2D eigenvalue weighted by atomic mass is 79.9. The molecule has 0 aromatic carbocycles. The summed E-state index contributed by atoms with van der Waals surface area (Å²) >= 11 is 2.41. The van der Waals surface area contributed by atoms with Crippen molar-refractivity contribution in [2.45, 2.75) is 45.4 Å². The zero-order valence-electron chi connectivity index (χ0n) is 11.6. The molecule has 1 rings (SSSR count). The lowest BCUT2D eigenvalue weighted by Gasteiger charge is -2.35. The van der Waals surface area contributed by atoms with E-state index in [1.807, 2.05) is 51.1 Å². The molecule has 5 heteroatoms. The average Bonchev–Trinajstić information content (AvgIpc) is 2.28. The van der Waals surface area contributed by atoms with Crippen LogP contribution in [0.1, 0.15) is 46.4 Å². The maximum atomic E-state index is 12.5. The van der Waals surface area contributed by atoms with Gasteiger partial charge in [-0.25, -0.2) is 0 Å². The summed E-state index contributed by atoms with van der Waals surface area (Å²) in [7, 11) is 0. The van der Waals surface area contributed by atoms with E-state index in [-0.39, 0.29) is 10.8 Å². The number of pyridine rings is 1. The molecular weight excluding hydrogens is 312 g/mol. The quantitative estimate of drug-likeness (QED) is 0.789. The van der Waals surface area contributed by atoms with Crippen molar-refractivity contribution in [3.05, 3.63) is 28.5 Å². The van der Waals surface area contributed by atoms with Crippen LogP contribution in [0.25, 0.3) is 0 Å². The van der Waals surface area contributed by atoms with Gasteiger partial charge in [-0.1, -0.05) is 15.9 Å². The summed E-state index contributed by atoms with van der Waals surface area (Å²) in [5, 5.41) is 0. The number of rotatable bonds is 4. The number of hydrogen-bond donors (Lipinski definition) is 0. The van der Waals surface area contributed by atoms with Gasteiger partial charge in [-0.15, -0.1) is 4.31 Å². The predicted molar refractivity (Wildman–Crippen MR) is 80.6 cm³/mol. The normalized spacial score (nSPS) is 15.8. The van der Waals surface area contributed by atoms with Crippen molar-refractivity contribution in [2.75, 3.05) is 6.54 Å². The van der Waals surface area contributed by atoms with Crippen molar-refractivity contribution in [1.82, 2.24) is 9.29 Å². The van der Waals surface area contributed by atoms with Crippen molar-refractivity contribution >= 4 is 27.3 Å². The Hall–Kier alpha value is -0.100. The lowest BCUT2D eigenvalue weighted by Crippen LogP contribution is -2.44. The fraction of sp³-hybridized carbons (Fsp3) is 0.615. The molecule has 18 heavy (non-hydrogen) atoms. The molecule has 0 saturated carbocycles. The molecule has 0 N–H and O–H groups in total. The highest BCUT2D eigenvalue weighted by Gasteiger charge is 2.36. The van der Waals surface area contributed by atoms with Crippen LogP contribution >= 0.6 is 15.9 Å². The minimum Gasteiger partial charge on any atom is -0.597 e. The van der Waals surface area contributed by atoms with E-state index in [9.17, 15) is 4.55 Å². The molecule has 3 nitrogen and oxygen atoms in total. The number of halogens is 1. The van der Waals surface area contributed by atoms with E-state index >= 15 is 0 Å². The maximum Gasteiger partial charge on any atom is 0.137 e. The second-order valence-electron chi connectivity index (χ2n) is 5.17. The van der Waals surface area contributed by atoms with Gasteiger partial charge in [-0.3, -0.25) is 4.98 Å². The molecule has 0 bridgehead atoms. The zero-order valence-corrected chi connectivity index (χ0v) is 14.0. The van der Waals surface area contributed by atoms with Crippen LogP contribution in [0.2, 0.25) is 0 Å². The second kappa shape index (κ2) is 6.37. The van der Waals surface area contributed by atoms with E-state index in [4.69, 9.17) is 0 Å². The fourth-order valence-corrected chi connectivity index (χ4v) is 3.37. The molecular formula is C13H21BrN2OS. The molecule has 1 aromatic rings. The molecule has 0 aliphatic heterocycles. The Morgan fingerprint density at radius 1 is 1.50 bits per heavy atom. The van der Waals surface area contributed by atoms with E-state index < -0.39 is 11.4 Å². The predicted octanol–water partition coefficient (Wildman–Crippen LogP) is 3.69. The number of hydrogen-bond acceptors (Lipinski definition) is 3. The van der Waals surface area contributed by atoms with Crippen LogP contribution in [0.4, 0.5) is 0 Å². The van der Waals surface area contributed by atoms with Crippen molar-refractivity contribution in [2.24, 2.45) is 0 Å². The molecule has 1 heterocycles. The first-order chi connectivity index (χ1) is 8.27. The Labute approximate surface area is 121 Å². The van der Waals surface area contributed by atoms with E-state index in [2.05, 4.69) is 20.9 Å². The molecule has 102 valence electrons. The molecule has 2 atom stereocenters. The van der Waals surface area contributed by atoms with Gasteiger partial charge in [0.05, 0.1) is 11.7 Å². The van der Waals surface area contributed by atoms with Crippen LogP contribution in [-0.4, -0.2) is 25.1 Å². The van der Waals surface area contributed by atoms with E-state index in [0.29, 0.717) is 0 Å². The smallest absolute Gasteiger partial charge is 0.137 e. The van der Waals surface area contributed by atoms with Crippen molar-refractivity contribution < 1.29 is 4.55 Å². The molecule has 0 unspecified atom stereocenters. The Bertz CT molecular complexity index is 395. The molecule has 0 aliphatic rings. The Kier molecular flexibility index (Phi) is 5.65. The summed E-state index contributed by atoms with van der Waals surface area (Å²) in [6, 6.07) is 3.91. The lowest BCUT2D eigenvalue weighted by atomic mass is 10.2. The van der Waals surface area contributed by atoms with Crippen LogP contribution in [0.15, 0.2) is 22.8 Å². The largest absolute Gasteiger partial charge is 0.597 e. The van der Waals surface area contributed by atoms with Crippen LogP contribution in [0.5, 0.6) is 0 Å². The van der Waals surface area contributed by atoms with Gasteiger partial charge in [0.25, 0.3) is 0 Å². The van der Waals surface area contributed by atoms with E-state index in [1.54, 1.807) is 6.20 Å². The van der Waals surface area contributed by atoms with Crippen molar-refractivity contribution in [3.63, 3.8) is 0 Å². The second-order valence-corrected chi connectivity index (χ2v) is 8.28. The van der Waals surface area contributed by atoms with Gasteiger partial charge >= 0.3 is 0 Å². The SMILES string of the molecule is CCN([C@H](C)c1cc(Br)ccn1)[S@+]([O-])C(C)(C)C. The Morgan fingerprint density at radius 3 is 2.56 bits per heavy atom. The standard InChI is InChI=1S/C13H21BrN2OS/c1-6-16(18(17)13(3,4)5)10(2)12-9-11(14)7-8-15-12/h7-10H,6H2,1-5H3/t10-,18-/m1/s1. The topological polar surface area (TPSA) is 39.2 Å². The summed E-state index contributed by atoms with van der Waals surface area (Å²) in [6.45, 7) is 10.8. The maximum absolute atomic E-state index is 12.5. The third-order valence-corrected chi connectivity index (χ3v) is 5.19. The third kappa shape index (κ3) is 3.95. The minimum absolute atomic E-state index is 0.0348. The first kappa shape index (κ1) is 16.0. The van der Waals surface area contributed by atoms with Crippen LogP contribution in [-0.2, 0) is 11.4 Å². The van der Waals surface area contributed by atoms with Crippen LogP contribution in [0.3, 0.4) is 0 Å². The monoisotopic (exact) mass is 332 g/mol. The van der Waals surface area contributed by atoms with E-state index in [1.165, 1.54) is 0 Å². The average molecular weight is 333 g/mol. The zero-order chi connectivity index (χ0) is 13.9. The molecule has 0 amide bonds. The highest BCUT2D eigenvalue weighted by Crippen LogP contribution is 2.29. The molecule has 0 spiro atoms. The van der Waals surface area contributed by atoms with Crippen LogP contribution in [0, 0.1) is 0 Å². The number of nitrogens with zero attached hydrogens (tertiary/aromatic N) is 2. The molecule has 0 radical (unpaired) electrons. The fourth-order valence-electron chi connectivity index (χ4n) is 1.68. The van der Waals surface area contributed by atoms with Gasteiger partial charge in [-0.2, -0.15) is 0 Å². The van der Waals surface area contributed by atoms with Gasteiger partial charge in [-0.05, 0) is 46.8 Å². The molecule has 0 saturated heterocycles. The third-order valence-electron chi connectivity index (χ3n) is 2.65. The van der Waals surface area contributed by atoms with Gasteiger partial charge in [0, 0.05) is 28.6 Å². The first-order valence-electron chi connectivity index (χ1n) is 6.07. The minimum atomic E-state index is -1.03. The van der Waals surface area contributed by atoms with Gasteiger partial charge < -0.3 is 4.55 Å². The van der Waals surface area contributed by atoms with Gasteiger partial charge in [0.15, 0.2) is 0 Å². The summed E-state index contributed by atoms with van der Waals surface area (Å²) in [4.78, 5) is 4.37. The first-order valence-corrected chi connectivity index (χ1v) is 7.97. The van der Waals surface area contributed by atoms with Crippen molar-refractivity contribution in [1.29, 1.82) is 0 Å². The lowest BCUT2D eigenvalue weighted by molar-refractivity contribution is 0.339. The summed E-state index contributed by atoms with van der Waals surface area (Å²) < 4.78 is 15.2. The van der Waals surface area contributed by atoms with E-state index in [0.717, 1.165) is 16.7 Å². The van der Waals surface area contributed by atoms with Gasteiger partial charge in [0.2, 0.25) is 0 Å². The summed E-state index contributed by atoms with van der Waals surface area (Å²) in [6.07, 6.45) is 1.77. The molecule has 0 aliphatic carbocycles. The summed E-state index contributed by atoms with van der Waals surface area (Å²) in [5.74, 6) is 0. The Balaban J connectivity index is 2.96. The number of aromatic nitrogens is 1. The van der Waals surface area contributed by atoms with Gasteiger partial charge in [0.1, 0.15) is 4.75 Å². The Morgan fingerprint density at radius 2 is 2.11 bits per heavy atom.